The molecule has 1 unspecified atom stereocenters. The molecule has 7 nitrogen and oxygen atoms in total. The van der Waals surface area contributed by atoms with Crippen molar-refractivity contribution in [1.82, 2.24) is 15.1 Å². The third kappa shape index (κ3) is 26.8. The van der Waals surface area contributed by atoms with E-state index in [4.69, 9.17) is 4.74 Å². The molecule has 0 radical (unpaired) electrons. The number of hydrogen-bond acceptors (Lipinski definition) is 5. The number of nitrogens with one attached hydrogen (secondary N) is 1. The molecule has 0 aromatic rings. The first-order valence-corrected chi connectivity index (χ1v) is 28.5. The van der Waals surface area contributed by atoms with Crippen molar-refractivity contribution >= 4 is 17.8 Å². The van der Waals surface area contributed by atoms with Crippen LogP contribution in [0.15, 0.2) is 24.3 Å². The maximum Gasteiger partial charge on any atom is 0.305 e. The highest BCUT2D eigenvalue weighted by atomic mass is 16.5. The minimum atomic E-state index is -0.440. The molecule has 4 saturated carbocycles. The molecule has 0 aromatic heterocycles. The Morgan fingerprint density at radius 3 is 1.45 bits per heavy atom. The summed E-state index contributed by atoms with van der Waals surface area (Å²) in [6.45, 7) is 6.50. The summed E-state index contributed by atoms with van der Waals surface area (Å²) in [7, 11) is 4.17. The number of allylic oxidation sites excluding steroid dienone is 4. The summed E-state index contributed by atoms with van der Waals surface area (Å²) in [5.41, 5.74) is -0.0793. The number of rotatable bonds is 43. The SMILES string of the molecule is CCCCCCCC/C=C/CCCCCCCC(=O)OCCCCCC(C(=O)NC12CC3CC(CC(C3)C1)C2)N(CCCN(C)C)C(=O)CCCCCCC/C=C/CCCCCCCC. The lowest BCUT2D eigenvalue weighted by Gasteiger charge is -2.57. The summed E-state index contributed by atoms with van der Waals surface area (Å²) in [4.78, 5) is 45.5. The van der Waals surface area contributed by atoms with E-state index in [1.165, 1.54) is 148 Å². The van der Waals surface area contributed by atoms with Crippen molar-refractivity contribution in [1.29, 1.82) is 0 Å². The van der Waals surface area contributed by atoms with Crippen molar-refractivity contribution in [3.63, 3.8) is 0 Å². The molecule has 0 aliphatic heterocycles. The summed E-state index contributed by atoms with van der Waals surface area (Å²) in [5.74, 6) is 2.40. The zero-order chi connectivity index (χ0) is 46.6. The van der Waals surface area contributed by atoms with E-state index in [0.717, 1.165) is 108 Å². The molecule has 0 aromatic carbocycles. The van der Waals surface area contributed by atoms with Crippen LogP contribution in [-0.4, -0.2) is 73.0 Å². The molecule has 0 spiro atoms. The third-order valence-electron chi connectivity index (χ3n) is 15.1. The van der Waals surface area contributed by atoms with Gasteiger partial charge in [0.25, 0.3) is 0 Å². The van der Waals surface area contributed by atoms with Crippen LogP contribution in [0.5, 0.6) is 0 Å². The fourth-order valence-electron chi connectivity index (χ4n) is 11.8. The molecule has 0 heterocycles. The first-order chi connectivity index (χ1) is 31.7. The smallest absolute Gasteiger partial charge is 0.305 e. The van der Waals surface area contributed by atoms with Crippen LogP contribution < -0.4 is 5.32 Å². The number of ether oxygens (including phenoxy) is 1. The first kappa shape index (κ1) is 57.2. The summed E-state index contributed by atoms with van der Waals surface area (Å²) < 4.78 is 5.66. The van der Waals surface area contributed by atoms with E-state index in [1.807, 2.05) is 4.90 Å². The molecule has 2 amide bonds. The van der Waals surface area contributed by atoms with Crippen molar-refractivity contribution in [3.05, 3.63) is 24.3 Å². The van der Waals surface area contributed by atoms with Gasteiger partial charge in [0.05, 0.1) is 6.61 Å². The minimum absolute atomic E-state index is 0.0793. The van der Waals surface area contributed by atoms with Crippen molar-refractivity contribution in [2.24, 2.45) is 17.8 Å². The van der Waals surface area contributed by atoms with E-state index in [1.54, 1.807) is 0 Å². The fraction of sp³-hybridized carbons (Fsp3) is 0.879. The molecule has 4 bridgehead atoms. The monoisotopic (exact) mass is 908 g/mol. The quantitative estimate of drug-likeness (QED) is 0.0375. The van der Waals surface area contributed by atoms with Gasteiger partial charge in [-0.2, -0.15) is 0 Å². The predicted molar refractivity (Wildman–Crippen MR) is 276 cm³/mol. The van der Waals surface area contributed by atoms with Gasteiger partial charge in [-0.25, -0.2) is 0 Å². The Morgan fingerprint density at radius 1 is 0.538 bits per heavy atom. The molecule has 4 aliphatic rings. The first-order valence-electron chi connectivity index (χ1n) is 28.5. The Labute approximate surface area is 402 Å². The Hall–Kier alpha value is -2.15. The largest absolute Gasteiger partial charge is 0.466 e. The standard InChI is InChI=1S/C58H105N3O4/c1-5-7-9-11-13-15-17-19-21-23-25-27-29-31-35-40-55(62)61(43-38-42-60(3)4)54(57(64)59-58-48-51-45-52(49-58)47-53(46-51)50-58)39-34-33-37-44-65-56(63)41-36-32-30-28-26-24-22-20-18-16-14-12-10-8-6-2/h19-22,51-54H,5-18,23-50H2,1-4H3,(H,59,64)/b21-19+,22-20+. The van der Waals surface area contributed by atoms with Gasteiger partial charge in [-0.15, -0.1) is 0 Å². The predicted octanol–water partition coefficient (Wildman–Crippen LogP) is 15.4. The van der Waals surface area contributed by atoms with Crippen LogP contribution in [0.2, 0.25) is 0 Å². The summed E-state index contributed by atoms with van der Waals surface area (Å²) in [5, 5.41) is 3.68. The van der Waals surface area contributed by atoms with E-state index < -0.39 is 6.04 Å². The van der Waals surface area contributed by atoms with Crippen LogP contribution in [0.25, 0.3) is 0 Å². The number of esters is 1. The van der Waals surface area contributed by atoms with Gasteiger partial charge in [0.1, 0.15) is 6.04 Å². The molecule has 65 heavy (non-hydrogen) atoms. The molecule has 4 rings (SSSR count). The lowest BCUT2D eigenvalue weighted by atomic mass is 9.53. The van der Waals surface area contributed by atoms with Gasteiger partial charge in [0, 0.05) is 24.9 Å². The van der Waals surface area contributed by atoms with Gasteiger partial charge >= 0.3 is 5.97 Å². The Balaban J connectivity index is 1.39. The van der Waals surface area contributed by atoms with Gasteiger partial charge in [0.2, 0.25) is 11.8 Å². The van der Waals surface area contributed by atoms with E-state index in [9.17, 15) is 14.4 Å². The van der Waals surface area contributed by atoms with Gasteiger partial charge < -0.3 is 19.9 Å². The zero-order valence-corrected chi connectivity index (χ0v) is 43.3. The van der Waals surface area contributed by atoms with Crippen LogP contribution in [0, 0.1) is 17.8 Å². The van der Waals surface area contributed by atoms with Crippen LogP contribution in [0.4, 0.5) is 0 Å². The number of unbranched alkanes of at least 4 members (excludes halogenated alkanes) is 24. The van der Waals surface area contributed by atoms with E-state index in [0.29, 0.717) is 32.4 Å². The van der Waals surface area contributed by atoms with Gasteiger partial charge in [-0.3, -0.25) is 14.4 Å². The molecule has 376 valence electrons. The maximum absolute atomic E-state index is 14.6. The third-order valence-corrected chi connectivity index (χ3v) is 15.1. The summed E-state index contributed by atoms with van der Waals surface area (Å²) in [6, 6.07) is -0.440. The second kappa shape index (κ2) is 36.8. The van der Waals surface area contributed by atoms with E-state index >= 15 is 0 Å². The van der Waals surface area contributed by atoms with Crippen LogP contribution in [0.3, 0.4) is 0 Å². The van der Waals surface area contributed by atoms with Crippen LogP contribution in [0.1, 0.15) is 264 Å². The summed E-state index contributed by atoms with van der Waals surface area (Å²) in [6.07, 6.45) is 54.2. The van der Waals surface area contributed by atoms with Gasteiger partial charge in [-0.05, 0) is 167 Å². The van der Waals surface area contributed by atoms with Crippen LogP contribution in [-0.2, 0) is 19.1 Å². The lowest BCUT2D eigenvalue weighted by molar-refractivity contribution is -0.144. The number of hydrogen-bond donors (Lipinski definition) is 1. The highest BCUT2D eigenvalue weighted by Crippen LogP contribution is 2.55. The van der Waals surface area contributed by atoms with Crippen molar-refractivity contribution < 1.29 is 19.1 Å². The second-order valence-corrected chi connectivity index (χ2v) is 21.7. The molecular formula is C58H105N3O4. The molecule has 0 saturated heterocycles. The average Bonchev–Trinajstić information content (AvgIpc) is 3.27. The Kier molecular flexibility index (Phi) is 32.4. The molecule has 1 atom stereocenters. The lowest BCUT2D eigenvalue weighted by Crippen LogP contribution is -2.63. The fourth-order valence-corrected chi connectivity index (χ4v) is 11.8. The topological polar surface area (TPSA) is 79.0 Å². The molecule has 1 N–H and O–H groups in total. The number of carbonyl (C=O) groups is 3. The Morgan fingerprint density at radius 2 is 0.969 bits per heavy atom. The highest BCUT2D eigenvalue weighted by Gasteiger charge is 2.52. The molecule has 4 aliphatic carbocycles. The van der Waals surface area contributed by atoms with Crippen LogP contribution >= 0.6 is 0 Å². The second-order valence-electron chi connectivity index (χ2n) is 21.7. The Bertz CT molecular complexity index is 1240. The highest BCUT2D eigenvalue weighted by molar-refractivity contribution is 5.88. The molecular weight excluding hydrogens is 803 g/mol. The maximum atomic E-state index is 14.6. The van der Waals surface area contributed by atoms with E-state index in [2.05, 4.69) is 62.5 Å². The normalized spacial score (nSPS) is 20.7. The van der Waals surface area contributed by atoms with Crippen molar-refractivity contribution in [3.8, 4) is 0 Å². The van der Waals surface area contributed by atoms with Gasteiger partial charge in [0.15, 0.2) is 0 Å². The van der Waals surface area contributed by atoms with Gasteiger partial charge in [-0.1, -0.05) is 147 Å². The molecule has 7 heteroatoms. The average molecular weight is 908 g/mol. The number of nitrogens with zero attached hydrogens (tertiary/aromatic N) is 2. The van der Waals surface area contributed by atoms with Crippen molar-refractivity contribution in [2.45, 2.75) is 276 Å². The minimum Gasteiger partial charge on any atom is -0.466 e. The zero-order valence-electron chi connectivity index (χ0n) is 43.3. The summed E-state index contributed by atoms with van der Waals surface area (Å²) >= 11 is 0. The van der Waals surface area contributed by atoms with Crippen molar-refractivity contribution in [2.75, 3.05) is 33.8 Å². The molecule has 4 fully saturated rings. The number of carbonyl (C=O) groups excluding carboxylic acids is 3. The van der Waals surface area contributed by atoms with E-state index in [-0.39, 0.29) is 23.3 Å². The number of amides is 2.